The lowest BCUT2D eigenvalue weighted by Gasteiger charge is -2.06. The highest BCUT2D eigenvalue weighted by atomic mass is 16.7. The topological polar surface area (TPSA) is 118 Å². The summed E-state index contributed by atoms with van der Waals surface area (Å²) in [5.41, 5.74) is 1.75. The van der Waals surface area contributed by atoms with Gasteiger partial charge in [0.05, 0.1) is 24.3 Å². The molecule has 0 saturated heterocycles. The van der Waals surface area contributed by atoms with E-state index in [9.17, 15) is 19.8 Å². The number of hydrogen-bond acceptors (Lipinski definition) is 8. The van der Waals surface area contributed by atoms with Crippen LogP contribution in [0.2, 0.25) is 0 Å². The first-order valence-electron chi connectivity index (χ1n) is 9.56. The second kappa shape index (κ2) is 11.4. The zero-order valence-corrected chi connectivity index (χ0v) is 16.9. The van der Waals surface area contributed by atoms with E-state index in [4.69, 9.17) is 9.68 Å². The van der Waals surface area contributed by atoms with Gasteiger partial charge in [0.1, 0.15) is 11.5 Å². The number of hydrogen-bond donors (Lipinski definition) is 2. The van der Waals surface area contributed by atoms with Crippen LogP contribution in [-0.2, 0) is 19.3 Å². The summed E-state index contributed by atoms with van der Waals surface area (Å²) in [6.45, 7) is 3.62. The van der Waals surface area contributed by atoms with Gasteiger partial charge in [0, 0.05) is 11.1 Å². The summed E-state index contributed by atoms with van der Waals surface area (Å²) in [4.78, 5) is 33.4. The van der Waals surface area contributed by atoms with Gasteiger partial charge in [-0.2, -0.15) is 0 Å². The van der Waals surface area contributed by atoms with Gasteiger partial charge < -0.3 is 19.9 Å². The summed E-state index contributed by atoms with van der Waals surface area (Å²) < 4.78 is 0. The van der Waals surface area contributed by atoms with Gasteiger partial charge in [0.25, 0.3) is 0 Å². The standard InChI is InChI=1S/C22H24N2O6/c1-3-17(15-9-5-7-11-19(15)25)23-29-21(27)13-14-22(28)30-24-18(4-2)16-10-6-8-12-20(16)26/h5-12,25-26H,3-4,13-14H2,1-2H3. The van der Waals surface area contributed by atoms with Crippen LogP contribution >= 0.6 is 0 Å². The molecule has 8 heteroatoms. The maximum Gasteiger partial charge on any atom is 0.335 e. The quantitative estimate of drug-likeness (QED) is 0.366. The Morgan fingerprint density at radius 1 is 0.733 bits per heavy atom. The Balaban J connectivity index is 1.89. The highest BCUT2D eigenvalue weighted by molar-refractivity contribution is 6.03. The number of phenols is 2. The molecule has 2 rings (SSSR count). The minimum absolute atomic E-state index is 0.0340. The molecule has 30 heavy (non-hydrogen) atoms. The molecule has 0 spiro atoms. The average Bonchev–Trinajstić information content (AvgIpc) is 2.75. The first kappa shape index (κ1) is 22.6. The van der Waals surface area contributed by atoms with Gasteiger partial charge >= 0.3 is 11.9 Å². The Labute approximate surface area is 174 Å². The zero-order valence-electron chi connectivity index (χ0n) is 16.9. The normalized spacial score (nSPS) is 11.8. The van der Waals surface area contributed by atoms with E-state index >= 15 is 0 Å². The Kier molecular flexibility index (Phi) is 8.56. The first-order chi connectivity index (χ1) is 14.5. The number of nitrogens with zero attached hydrogens (tertiary/aromatic N) is 2. The molecule has 0 aliphatic rings. The van der Waals surface area contributed by atoms with E-state index in [1.807, 2.05) is 13.8 Å². The number of rotatable bonds is 9. The molecule has 0 amide bonds. The van der Waals surface area contributed by atoms with Crippen molar-refractivity contribution in [2.24, 2.45) is 10.3 Å². The molecule has 0 fully saturated rings. The van der Waals surface area contributed by atoms with Crippen molar-refractivity contribution < 1.29 is 29.5 Å². The molecule has 0 radical (unpaired) electrons. The maximum absolute atomic E-state index is 11.9. The molecule has 0 aromatic heterocycles. The van der Waals surface area contributed by atoms with Crippen LogP contribution in [0.1, 0.15) is 50.7 Å². The molecule has 2 N–H and O–H groups in total. The maximum atomic E-state index is 11.9. The molecule has 2 aromatic carbocycles. The third kappa shape index (κ3) is 6.44. The van der Waals surface area contributed by atoms with Crippen LogP contribution in [0.15, 0.2) is 58.8 Å². The Bertz CT molecular complexity index is 875. The molecular formula is C22H24N2O6. The van der Waals surface area contributed by atoms with Crippen molar-refractivity contribution in [2.45, 2.75) is 39.5 Å². The summed E-state index contributed by atoms with van der Waals surface area (Å²) in [7, 11) is 0. The van der Waals surface area contributed by atoms with E-state index < -0.39 is 11.9 Å². The van der Waals surface area contributed by atoms with Gasteiger partial charge in [0.15, 0.2) is 0 Å². The lowest BCUT2D eigenvalue weighted by molar-refractivity contribution is -0.150. The molecule has 158 valence electrons. The predicted octanol–water partition coefficient (Wildman–Crippen LogP) is 3.89. The molecule has 0 heterocycles. The predicted molar refractivity (Wildman–Crippen MR) is 111 cm³/mol. The third-order valence-corrected chi connectivity index (χ3v) is 4.15. The van der Waals surface area contributed by atoms with E-state index in [1.54, 1.807) is 36.4 Å². The lowest BCUT2D eigenvalue weighted by Crippen LogP contribution is -2.10. The summed E-state index contributed by atoms with van der Waals surface area (Å²) >= 11 is 0. The van der Waals surface area contributed by atoms with Crippen LogP contribution < -0.4 is 0 Å². The van der Waals surface area contributed by atoms with E-state index in [0.717, 1.165) is 0 Å². The SMILES string of the molecule is CCC(=NOC(=O)CCC(=O)ON=C(CC)c1ccccc1O)c1ccccc1O. The van der Waals surface area contributed by atoms with Crippen LogP contribution in [0.5, 0.6) is 11.5 Å². The molecule has 0 saturated carbocycles. The molecule has 0 aliphatic carbocycles. The fraction of sp³-hybridized carbons (Fsp3) is 0.273. The highest BCUT2D eigenvalue weighted by Gasteiger charge is 2.13. The Morgan fingerprint density at radius 3 is 1.43 bits per heavy atom. The van der Waals surface area contributed by atoms with Crippen molar-refractivity contribution >= 4 is 23.4 Å². The van der Waals surface area contributed by atoms with Crippen LogP contribution in [0.4, 0.5) is 0 Å². The minimum Gasteiger partial charge on any atom is -0.507 e. The smallest absolute Gasteiger partial charge is 0.335 e. The largest absolute Gasteiger partial charge is 0.507 e. The summed E-state index contributed by atoms with van der Waals surface area (Å²) in [5.74, 6) is -1.36. The summed E-state index contributed by atoms with van der Waals surface area (Å²) in [6.07, 6.45) is 0.392. The van der Waals surface area contributed by atoms with Crippen molar-refractivity contribution in [3.05, 3.63) is 59.7 Å². The number of benzene rings is 2. The van der Waals surface area contributed by atoms with Gasteiger partial charge in [-0.3, -0.25) is 0 Å². The number of oxime groups is 2. The van der Waals surface area contributed by atoms with Gasteiger partial charge in [-0.1, -0.05) is 48.4 Å². The highest BCUT2D eigenvalue weighted by Crippen LogP contribution is 2.19. The fourth-order valence-corrected chi connectivity index (χ4v) is 2.55. The summed E-state index contributed by atoms with van der Waals surface area (Å²) in [5, 5.41) is 27.3. The van der Waals surface area contributed by atoms with E-state index in [0.29, 0.717) is 35.4 Å². The van der Waals surface area contributed by atoms with Crippen molar-refractivity contribution in [2.75, 3.05) is 0 Å². The van der Waals surface area contributed by atoms with Crippen LogP contribution in [0.25, 0.3) is 0 Å². The van der Waals surface area contributed by atoms with Gasteiger partial charge in [-0.05, 0) is 37.1 Å². The van der Waals surface area contributed by atoms with Crippen molar-refractivity contribution in [3.8, 4) is 11.5 Å². The van der Waals surface area contributed by atoms with Crippen LogP contribution in [-0.4, -0.2) is 33.6 Å². The fourth-order valence-electron chi connectivity index (χ4n) is 2.55. The number of carbonyl (C=O) groups is 2. The Hall–Kier alpha value is -3.68. The molecule has 0 unspecified atom stereocenters. The minimum atomic E-state index is -0.714. The monoisotopic (exact) mass is 412 g/mol. The average molecular weight is 412 g/mol. The van der Waals surface area contributed by atoms with Crippen molar-refractivity contribution in [3.63, 3.8) is 0 Å². The van der Waals surface area contributed by atoms with Crippen LogP contribution in [0, 0.1) is 0 Å². The van der Waals surface area contributed by atoms with Crippen LogP contribution in [0.3, 0.4) is 0 Å². The molecule has 0 bridgehead atoms. The number of aromatic hydroxyl groups is 2. The lowest BCUT2D eigenvalue weighted by atomic mass is 10.1. The molecule has 8 nitrogen and oxygen atoms in total. The molecule has 2 aromatic rings. The van der Waals surface area contributed by atoms with Gasteiger partial charge in [-0.15, -0.1) is 0 Å². The van der Waals surface area contributed by atoms with E-state index in [-0.39, 0.29) is 24.3 Å². The number of phenolic OH excluding ortho intramolecular Hbond substituents is 2. The van der Waals surface area contributed by atoms with E-state index in [1.165, 1.54) is 12.1 Å². The van der Waals surface area contributed by atoms with Crippen molar-refractivity contribution in [1.29, 1.82) is 0 Å². The third-order valence-electron chi connectivity index (χ3n) is 4.15. The van der Waals surface area contributed by atoms with Gasteiger partial charge in [-0.25, -0.2) is 9.59 Å². The number of para-hydroxylation sites is 2. The number of carbonyl (C=O) groups excluding carboxylic acids is 2. The second-order valence-corrected chi connectivity index (χ2v) is 6.24. The zero-order chi connectivity index (χ0) is 21.9. The first-order valence-corrected chi connectivity index (χ1v) is 9.56. The van der Waals surface area contributed by atoms with E-state index in [2.05, 4.69) is 10.3 Å². The molecule has 0 atom stereocenters. The molecular weight excluding hydrogens is 388 g/mol. The Morgan fingerprint density at radius 2 is 1.10 bits per heavy atom. The van der Waals surface area contributed by atoms with Gasteiger partial charge in [0.2, 0.25) is 0 Å². The second-order valence-electron chi connectivity index (χ2n) is 6.24. The molecule has 0 aliphatic heterocycles. The summed E-state index contributed by atoms with van der Waals surface area (Å²) in [6, 6.07) is 13.2. The van der Waals surface area contributed by atoms with Crippen molar-refractivity contribution in [1.82, 2.24) is 0 Å².